The van der Waals surface area contributed by atoms with Crippen molar-refractivity contribution in [3.63, 3.8) is 0 Å². The molecule has 1 aliphatic heterocycles. The Labute approximate surface area is 95.2 Å². The van der Waals surface area contributed by atoms with Crippen molar-refractivity contribution in [3.8, 4) is 0 Å². The van der Waals surface area contributed by atoms with Gasteiger partial charge >= 0.3 is 0 Å². The van der Waals surface area contributed by atoms with Gasteiger partial charge in [0.2, 0.25) is 0 Å². The van der Waals surface area contributed by atoms with E-state index < -0.39 is 0 Å². The molecule has 2 nitrogen and oxygen atoms in total. The number of likely N-dealkylation sites (tertiary alicyclic amines) is 1. The Morgan fingerprint density at radius 1 is 1.27 bits per heavy atom. The van der Waals surface area contributed by atoms with E-state index in [-0.39, 0.29) is 0 Å². The van der Waals surface area contributed by atoms with Crippen molar-refractivity contribution in [1.82, 2.24) is 4.90 Å². The van der Waals surface area contributed by atoms with Crippen molar-refractivity contribution in [2.45, 2.75) is 65.0 Å². The Bertz CT molecular complexity index is 168. The van der Waals surface area contributed by atoms with E-state index in [9.17, 15) is 0 Å². The van der Waals surface area contributed by atoms with Gasteiger partial charge in [0.15, 0.2) is 0 Å². The Morgan fingerprint density at radius 3 is 2.60 bits per heavy atom. The van der Waals surface area contributed by atoms with Crippen molar-refractivity contribution in [2.75, 3.05) is 13.1 Å². The number of hydrogen-bond acceptors (Lipinski definition) is 2. The summed E-state index contributed by atoms with van der Waals surface area (Å²) in [7, 11) is 0. The van der Waals surface area contributed by atoms with Gasteiger partial charge in [0.05, 0.1) is 0 Å². The molecule has 0 radical (unpaired) electrons. The summed E-state index contributed by atoms with van der Waals surface area (Å²) in [6, 6.07) is 0.845. The number of nitrogens with zero attached hydrogens (tertiary/aromatic N) is 1. The average molecular weight is 212 g/mol. The molecule has 0 aromatic carbocycles. The molecule has 1 rings (SSSR count). The first kappa shape index (κ1) is 13.0. The second-order valence-corrected chi connectivity index (χ2v) is 5.22. The van der Waals surface area contributed by atoms with Gasteiger partial charge < -0.3 is 5.73 Å². The van der Waals surface area contributed by atoms with E-state index in [0.29, 0.717) is 12.1 Å². The van der Waals surface area contributed by atoms with Gasteiger partial charge in [-0.15, -0.1) is 0 Å². The van der Waals surface area contributed by atoms with Crippen molar-refractivity contribution < 1.29 is 0 Å². The molecule has 0 spiro atoms. The minimum absolute atomic E-state index is 0.299. The molecule has 90 valence electrons. The van der Waals surface area contributed by atoms with Crippen LogP contribution in [0.1, 0.15) is 52.9 Å². The lowest BCUT2D eigenvalue weighted by Crippen LogP contribution is -2.44. The minimum atomic E-state index is 0.299. The minimum Gasteiger partial charge on any atom is -0.327 e. The summed E-state index contributed by atoms with van der Waals surface area (Å²) in [4.78, 5) is 2.58. The molecular weight excluding hydrogens is 184 g/mol. The maximum Gasteiger partial charge on any atom is 0.0216 e. The zero-order valence-electron chi connectivity index (χ0n) is 10.7. The number of hydrogen-bond donors (Lipinski definition) is 1. The quantitative estimate of drug-likeness (QED) is 0.776. The second kappa shape index (κ2) is 6.49. The molecule has 0 aromatic heterocycles. The Kier molecular flexibility index (Phi) is 5.62. The van der Waals surface area contributed by atoms with Crippen molar-refractivity contribution in [2.24, 2.45) is 11.7 Å². The lowest BCUT2D eigenvalue weighted by atomic mass is 9.96. The molecule has 15 heavy (non-hydrogen) atoms. The fourth-order valence-corrected chi connectivity index (χ4v) is 2.62. The Hall–Kier alpha value is -0.0800. The van der Waals surface area contributed by atoms with E-state index >= 15 is 0 Å². The third-order valence-electron chi connectivity index (χ3n) is 3.92. The Balaban J connectivity index is 2.38. The molecule has 1 fully saturated rings. The predicted molar refractivity (Wildman–Crippen MR) is 66.9 cm³/mol. The molecule has 0 bridgehead atoms. The zero-order valence-corrected chi connectivity index (χ0v) is 10.7. The average Bonchev–Trinajstić information content (AvgIpc) is 2.43. The molecule has 0 saturated carbocycles. The summed E-state index contributed by atoms with van der Waals surface area (Å²) in [6.45, 7) is 9.20. The van der Waals surface area contributed by atoms with E-state index in [4.69, 9.17) is 5.73 Å². The van der Waals surface area contributed by atoms with Gasteiger partial charge in [-0.05, 0) is 52.1 Å². The third kappa shape index (κ3) is 4.12. The summed E-state index contributed by atoms with van der Waals surface area (Å²) in [5, 5.41) is 0. The van der Waals surface area contributed by atoms with Crippen molar-refractivity contribution >= 4 is 0 Å². The smallest absolute Gasteiger partial charge is 0.0216 e. The van der Waals surface area contributed by atoms with Gasteiger partial charge in [0.1, 0.15) is 0 Å². The van der Waals surface area contributed by atoms with Crippen LogP contribution < -0.4 is 5.73 Å². The first-order chi connectivity index (χ1) is 7.15. The molecule has 3 atom stereocenters. The predicted octanol–water partition coefficient (Wildman–Crippen LogP) is 2.62. The third-order valence-corrected chi connectivity index (χ3v) is 3.92. The van der Waals surface area contributed by atoms with Gasteiger partial charge in [-0.3, -0.25) is 4.90 Å². The first-order valence-corrected chi connectivity index (χ1v) is 6.64. The summed E-state index contributed by atoms with van der Waals surface area (Å²) in [5.74, 6) is 0.972. The van der Waals surface area contributed by atoms with Crippen LogP contribution >= 0.6 is 0 Å². The molecule has 2 heteroatoms. The highest BCUT2D eigenvalue weighted by Crippen LogP contribution is 2.23. The van der Waals surface area contributed by atoms with Crippen molar-refractivity contribution in [3.05, 3.63) is 0 Å². The van der Waals surface area contributed by atoms with Crippen LogP contribution in [0.4, 0.5) is 0 Å². The number of nitrogens with two attached hydrogens (primary N) is 1. The molecular formula is C13H28N2. The summed E-state index contributed by atoms with van der Waals surface area (Å²) < 4.78 is 0. The van der Waals surface area contributed by atoms with Crippen LogP contribution in [0.2, 0.25) is 0 Å². The highest BCUT2D eigenvalue weighted by Gasteiger charge is 2.21. The standard InChI is InChI=1S/C13H28N2/c1-4-6-13-7-5-9-15(10-8-13)12(3)11(2)14/h11-13H,4-10,14H2,1-3H3. The molecule has 1 heterocycles. The molecule has 0 amide bonds. The summed E-state index contributed by atoms with van der Waals surface area (Å²) in [6.07, 6.45) is 6.93. The van der Waals surface area contributed by atoms with Gasteiger partial charge in [-0.1, -0.05) is 19.8 Å². The van der Waals surface area contributed by atoms with Crippen LogP contribution in [0.5, 0.6) is 0 Å². The molecule has 0 aromatic rings. The van der Waals surface area contributed by atoms with Crippen molar-refractivity contribution in [1.29, 1.82) is 0 Å². The SMILES string of the molecule is CCCC1CCCN(C(C)C(C)N)CC1. The lowest BCUT2D eigenvalue weighted by Gasteiger charge is -2.30. The lowest BCUT2D eigenvalue weighted by molar-refractivity contribution is 0.193. The second-order valence-electron chi connectivity index (χ2n) is 5.22. The zero-order chi connectivity index (χ0) is 11.3. The van der Waals surface area contributed by atoms with Gasteiger partial charge in [-0.2, -0.15) is 0 Å². The molecule has 0 aliphatic carbocycles. The summed E-state index contributed by atoms with van der Waals surface area (Å²) in [5.41, 5.74) is 5.97. The van der Waals surface area contributed by atoms with E-state index in [1.807, 2.05) is 0 Å². The fourth-order valence-electron chi connectivity index (χ4n) is 2.62. The topological polar surface area (TPSA) is 29.3 Å². The van der Waals surface area contributed by atoms with Crippen LogP contribution in [0, 0.1) is 5.92 Å². The van der Waals surface area contributed by atoms with E-state index in [1.165, 1.54) is 45.2 Å². The first-order valence-electron chi connectivity index (χ1n) is 6.64. The number of rotatable bonds is 4. The normalized spacial score (nSPS) is 28.4. The van der Waals surface area contributed by atoms with Crippen LogP contribution in [0.25, 0.3) is 0 Å². The van der Waals surface area contributed by atoms with Gasteiger partial charge in [-0.25, -0.2) is 0 Å². The highest BCUT2D eigenvalue weighted by molar-refractivity contribution is 4.78. The molecule has 3 unspecified atom stereocenters. The fraction of sp³-hybridized carbons (Fsp3) is 1.00. The van der Waals surface area contributed by atoms with E-state index in [1.54, 1.807) is 0 Å². The highest BCUT2D eigenvalue weighted by atomic mass is 15.2. The molecule has 1 saturated heterocycles. The largest absolute Gasteiger partial charge is 0.327 e. The molecule has 1 aliphatic rings. The van der Waals surface area contributed by atoms with E-state index in [0.717, 1.165) is 5.92 Å². The molecule has 2 N–H and O–H groups in total. The maximum atomic E-state index is 5.97. The maximum absolute atomic E-state index is 5.97. The van der Waals surface area contributed by atoms with Gasteiger partial charge in [0, 0.05) is 12.1 Å². The summed E-state index contributed by atoms with van der Waals surface area (Å²) >= 11 is 0. The van der Waals surface area contributed by atoms with Crippen LogP contribution in [0.15, 0.2) is 0 Å². The van der Waals surface area contributed by atoms with Gasteiger partial charge in [0.25, 0.3) is 0 Å². The van der Waals surface area contributed by atoms with Crippen LogP contribution in [-0.2, 0) is 0 Å². The Morgan fingerprint density at radius 2 is 2.00 bits per heavy atom. The van der Waals surface area contributed by atoms with Crippen LogP contribution in [-0.4, -0.2) is 30.1 Å². The van der Waals surface area contributed by atoms with Crippen LogP contribution in [0.3, 0.4) is 0 Å². The van der Waals surface area contributed by atoms with E-state index in [2.05, 4.69) is 25.7 Å². The monoisotopic (exact) mass is 212 g/mol.